The Morgan fingerprint density at radius 3 is 2.43 bits per heavy atom. The number of rotatable bonds is 7. The number of ether oxygens (including phenoxy) is 2. The number of benzene rings is 1. The number of carbonyl (C=O) groups excluding carboxylic acids is 1. The maximum atomic E-state index is 13.7. The van der Waals surface area contributed by atoms with E-state index in [9.17, 15) is 22.4 Å². The van der Waals surface area contributed by atoms with Gasteiger partial charge in [-0.2, -0.15) is 22.7 Å². The Labute approximate surface area is 159 Å². The second-order valence-electron chi connectivity index (χ2n) is 6.83. The lowest BCUT2D eigenvalue weighted by molar-refractivity contribution is -0.147. The minimum Gasteiger partial charge on any atom is -0.463 e. The van der Waals surface area contributed by atoms with Gasteiger partial charge in [-0.05, 0) is 32.0 Å². The van der Waals surface area contributed by atoms with Crippen LogP contribution in [0.3, 0.4) is 0 Å². The zero-order chi connectivity index (χ0) is 21.1. The summed E-state index contributed by atoms with van der Waals surface area (Å²) in [5.41, 5.74) is -1.00. The highest BCUT2D eigenvalue weighted by Gasteiger charge is 2.32. The van der Waals surface area contributed by atoms with Crippen LogP contribution in [0.5, 0.6) is 5.75 Å². The third kappa shape index (κ3) is 6.50. The highest BCUT2D eigenvalue weighted by molar-refractivity contribution is 5.69. The van der Waals surface area contributed by atoms with Gasteiger partial charge in [0, 0.05) is 19.4 Å². The van der Waals surface area contributed by atoms with Gasteiger partial charge in [0.05, 0.1) is 24.6 Å². The molecule has 0 spiro atoms. The van der Waals surface area contributed by atoms with Crippen LogP contribution in [0.25, 0.3) is 11.4 Å². The second kappa shape index (κ2) is 8.15. The summed E-state index contributed by atoms with van der Waals surface area (Å²) < 4.78 is 64.5. The molecular weight excluding hydrogens is 382 g/mol. The van der Waals surface area contributed by atoms with Crippen LogP contribution in [-0.2, 0) is 22.3 Å². The smallest absolute Gasteiger partial charge is 0.416 e. The molecule has 10 heteroatoms. The summed E-state index contributed by atoms with van der Waals surface area (Å²) in [6.07, 6.45) is -3.58. The zero-order valence-electron chi connectivity index (χ0n) is 15.9. The number of halogens is 4. The van der Waals surface area contributed by atoms with Gasteiger partial charge in [-0.15, -0.1) is 0 Å². The zero-order valence-corrected chi connectivity index (χ0v) is 15.9. The summed E-state index contributed by atoms with van der Waals surface area (Å²) >= 11 is 0. The number of hydrogen-bond acceptors (Lipinski definition) is 5. The van der Waals surface area contributed by atoms with Gasteiger partial charge in [0.25, 0.3) is 0 Å². The molecule has 0 bridgehead atoms. The van der Waals surface area contributed by atoms with Crippen molar-refractivity contribution in [1.29, 1.82) is 0 Å². The average molecular weight is 403 g/mol. The summed E-state index contributed by atoms with van der Waals surface area (Å²) in [5, 5.41) is 4.07. The van der Waals surface area contributed by atoms with E-state index in [0.29, 0.717) is 6.07 Å². The summed E-state index contributed by atoms with van der Waals surface area (Å²) in [6.45, 7) is 5.75. The van der Waals surface area contributed by atoms with Gasteiger partial charge < -0.3 is 9.47 Å². The van der Waals surface area contributed by atoms with E-state index < -0.39 is 23.6 Å². The van der Waals surface area contributed by atoms with E-state index >= 15 is 0 Å². The molecule has 0 saturated heterocycles. The molecule has 154 valence electrons. The summed E-state index contributed by atoms with van der Waals surface area (Å²) in [4.78, 5) is 15.5. The molecule has 1 aromatic heterocycles. The van der Waals surface area contributed by atoms with Crippen molar-refractivity contribution in [3.05, 3.63) is 30.1 Å². The molecule has 0 radical (unpaired) electrons. The Balaban J connectivity index is 2.25. The van der Waals surface area contributed by atoms with E-state index in [0.717, 1.165) is 19.9 Å². The lowest BCUT2D eigenvalue weighted by atomic mass is 10.1. The molecule has 0 aliphatic heterocycles. The lowest BCUT2D eigenvalue weighted by Gasteiger charge is -2.19. The fraction of sp³-hybridized carbons (Fsp3) is 0.500. The van der Waals surface area contributed by atoms with Gasteiger partial charge in [-0.1, -0.05) is 0 Å². The fourth-order valence-corrected chi connectivity index (χ4v) is 2.29. The number of carbonyl (C=O) groups is 1. The lowest BCUT2D eigenvalue weighted by Crippen LogP contribution is -2.21. The number of esters is 1. The van der Waals surface area contributed by atoms with Gasteiger partial charge >= 0.3 is 12.1 Å². The monoisotopic (exact) mass is 403 g/mol. The molecule has 1 heterocycles. The second-order valence-corrected chi connectivity index (χ2v) is 6.83. The Kier molecular flexibility index (Phi) is 6.30. The highest BCUT2D eigenvalue weighted by atomic mass is 19.4. The van der Waals surface area contributed by atoms with Gasteiger partial charge in [-0.3, -0.25) is 9.48 Å². The van der Waals surface area contributed by atoms with E-state index in [-0.39, 0.29) is 36.2 Å². The third-order valence-electron chi connectivity index (χ3n) is 3.30. The Hall–Kier alpha value is -2.65. The largest absolute Gasteiger partial charge is 0.463 e. The van der Waals surface area contributed by atoms with E-state index in [4.69, 9.17) is 9.47 Å². The number of aryl methyl sites for hydroxylation is 1. The first-order valence-corrected chi connectivity index (χ1v) is 8.53. The first-order chi connectivity index (χ1) is 12.8. The van der Waals surface area contributed by atoms with E-state index in [1.54, 1.807) is 13.8 Å². The Morgan fingerprint density at radius 2 is 1.86 bits per heavy atom. The highest BCUT2D eigenvalue weighted by Crippen LogP contribution is 2.36. The number of hydrogen-bond donors (Lipinski definition) is 0. The van der Waals surface area contributed by atoms with Crippen molar-refractivity contribution in [2.45, 2.75) is 58.8 Å². The summed E-state index contributed by atoms with van der Waals surface area (Å²) in [6, 6.07) is 2.79. The predicted molar refractivity (Wildman–Crippen MR) is 92.1 cm³/mol. The maximum absolute atomic E-state index is 13.7. The topological polar surface area (TPSA) is 66.2 Å². The minimum atomic E-state index is -4.66. The number of alkyl halides is 4. The summed E-state index contributed by atoms with van der Waals surface area (Å²) in [7, 11) is 0. The molecule has 0 aliphatic rings. The molecule has 0 unspecified atom stereocenters. The third-order valence-corrected chi connectivity index (χ3v) is 3.30. The van der Waals surface area contributed by atoms with Crippen LogP contribution in [0.2, 0.25) is 0 Å². The van der Waals surface area contributed by atoms with Crippen molar-refractivity contribution in [2.75, 3.05) is 0 Å². The van der Waals surface area contributed by atoms with Crippen LogP contribution in [0.1, 0.15) is 39.7 Å². The fourth-order valence-electron chi connectivity index (χ4n) is 2.29. The SMILES string of the molecule is CC(C)OC(=O)CCn1cnc(-c2cc(OC(C)(C)F)cc(C(F)(F)F)c2)n1. The van der Waals surface area contributed by atoms with E-state index in [1.807, 2.05) is 0 Å². The molecule has 0 saturated carbocycles. The molecule has 0 atom stereocenters. The van der Waals surface area contributed by atoms with Crippen LogP contribution >= 0.6 is 0 Å². The van der Waals surface area contributed by atoms with Crippen molar-refractivity contribution in [3.63, 3.8) is 0 Å². The predicted octanol–water partition coefficient (Wildman–Crippen LogP) is 4.39. The normalized spacial score (nSPS) is 12.3. The summed E-state index contributed by atoms with van der Waals surface area (Å²) in [5.74, 6) is -2.89. The number of aromatic nitrogens is 3. The first-order valence-electron chi connectivity index (χ1n) is 8.53. The van der Waals surface area contributed by atoms with Crippen LogP contribution in [0.4, 0.5) is 17.6 Å². The van der Waals surface area contributed by atoms with Crippen molar-refractivity contribution >= 4 is 5.97 Å². The standard InChI is InChI=1S/C18H21F4N3O3/c1-11(2)27-15(26)5-6-25-10-23-16(24-25)12-7-13(18(20,21)22)9-14(8-12)28-17(3,4)19/h7-11H,5-6H2,1-4H3. The van der Waals surface area contributed by atoms with Crippen molar-refractivity contribution < 1.29 is 31.8 Å². The maximum Gasteiger partial charge on any atom is 0.416 e. The molecule has 0 N–H and O–H groups in total. The Bertz CT molecular complexity index is 826. The van der Waals surface area contributed by atoms with Gasteiger partial charge in [0.1, 0.15) is 12.1 Å². The molecule has 0 fully saturated rings. The average Bonchev–Trinajstić information content (AvgIpc) is 2.98. The van der Waals surface area contributed by atoms with E-state index in [1.165, 1.54) is 17.1 Å². The number of nitrogens with zero attached hydrogens (tertiary/aromatic N) is 3. The molecular formula is C18H21F4N3O3. The van der Waals surface area contributed by atoms with Gasteiger partial charge in [-0.25, -0.2) is 4.98 Å². The molecule has 0 amide bonds. The molecule has 28 heavy (non-hydrogen) atoms. The minimum absolute atomic E-state index is 0.00941. The van der Waals surface area contributed by atoms with Gasteiger partial charge in [0.15, 0.2) is 5.82 Å². The van der Waals surface area contributed by atoms with Crippen LogP contribution in [0.15, 0.2) is 24.5 Å². The van der Waals surface area contributed by atoms with Crippen LogP contribution in [0, 0.1) is 0 Å². The molecule has 0 aliphatic carbocycles. The quantitative estimate of drug-likeness (QED) is 0.507. The Morgan fingerprint density at radius 1 is 1.18 bits per heavy atom. The molecule has 2 aromatic rings. The first kappa shape index (κ1) is 21.6. The van der Waals surface area contributed by atoms with Gasteiger partial charge in [0.2, 0.25) is 5.85 Å². The molecule has 2 rings (SSSR count). The molecule has 6 nitrogen and oxygen atoms in total. The van der Waals surface area contributed by atoms with Crippen molar-refractivity contribution in [1.82, 2.24) is 14.8 Å². The van der Waals surface area contributed by atoms with E-state index in [2.05, 4.69) is 10.1 Å². The van der Waals surface area contributed by atoms with Crippen LogP contribution in [-0.4, -0.2) is 32.7 Å². The molecule has 1 aromatic carbocycles. The van der Waals surface area contributed by atoms with Crippen molar-refractivity contribution in [2.24, 2.45) is 0 Å². The van der Waals surface area contributed by atoms with Crippen LogP contribution < -0.4 is 4.74 Å². The van der Waals surface area contributed by atoms with Crippen molar-refractivity contribution in [3.8, 4) is 17.1 Å².